The minimum absolute atomic E-state index is 0.0986. The van der Waals surface area contributed by atoms with E-state index in [2.05, 4.69) is 9.94 Å². The van der Waals surface area contributed by atoms with Crippen molar-refractivity contribution in [1.82, 2.24) is 19.2 Å². The molecular formula is C19H17N5O3. The number of benzene rings is 1. The molecule has 0 spiro atoms. The van der Waals surface area contributed by atoms with Crippen molar-refractivity contribution in [3.63, 3.8) is 0 Å². The number of aromatic hydroxyl groups is 1. The molecule has 0 aliphatic carbocycles. The molecule has 0 fully saturated rings. The van der Waals surface area contributed by atoms with Gasteiger partial charge in [0.25, 0.3) is 11.5 Å². The molecule has 1 aromatic carbocycles. The van der Waals surface area contributed by atoms with Gasteiger partial charge in [-0.1, -0.05) is 24.3 Å². The maximum absolute atomic E-state index is 13.0. The fourth-order valence-corrected chi connectivity index (χ4v) is 3.58. The number of hydrogen-bond acceptors (Lipinski definition) is 4. The van der Waals surface area contributed by atoms with Crippen molar-refractivity contribution in [2.45, 2.75) is 20.0 Å². The monoisotopic (exact) mass is 363 g/mol. The molecule has 0 saturated heterocycles. The molecule has 0 atom stereocenters. The lowest BCUT2D eigenvalue weighted by atomic mass is 10.2. The lowest BCUT2D eigenvalue weighted by molar-refractivity contribution is 0.0747. The maximum atomic E-state index is 13.0. The minimum Gasteiger partial charge on any atom is -0.505 e. The van der Waals surface area contributed by atoms with E-state index in [1.807, 2.05) is 0 Å². The van der Waals surface area contributed by atoms with E-state index < -0.39 is 5.56 Å². The van der Waals surface area contributed by atoms with E-state index in [4.69, 9.17) is 6.57 Å². The fourth-order valence-electron chi connectivity index (χ4n) is 3.58. The second kappa shape index (κ2) is 5.99. The molecule has 8 nitrogen and oxygen atoms in total. The van der Waals surface area contributed by atoms with Gasteiger partial charge in [-0.25, -0.2) is 9.53 Å². The topological polar surface area (TPSA) is 84.7 Å². The van der Waals surface area contributed by atoms with Crippen molar-refractivity contribution in [2.24, 2.45) is 0 Å². The van der Waals surface area contributed by atoms with Gasteiger partial charge in [-0.05, 0) is 12.5 Å². The normalized spacial score (nSPS) is 13.7. The third-order valence-corrected chi connectivity index (χ3v) is 4.94. The standard InChI is InChI=1S/C19H17N5O3/c1-11-15-14(17(25)16-19(27)22(3)8-9-23(15)16)18(26)24(21-11)10-12-6-4-5-7-13(12)20-2/h4-7,25H,8-10H2,1,3H3. The van der Waals surface area contributed by atoms with Crippen molar-refractivity contribution < 1.29 is 9.90 Å². The van der Waals surface area contributed by atoms with Crippen LogP contribution >= 0.6 is 0 Å². The number of likely N-dealkylation sites (N-methyl/N-ethyl adjacent to an activating group) is 1. The highest BCUT2D eigenvalue weighted by Crippen LogP contribution is 2.33. The number of aryl methyl sites for hydroxylation is 1. The molecule has 136 valence electrons. The molecule has 8 heteroatoms. The molecule has 27 heavy (non-hydrogen) atoms. The zero-order chi connectivity index (χ0) is 19.3. The van der Waals surface area contributed by atoms with E-state index in [0.29, 0.717) is 35.6 Å². The molecule has 3 heterocycles. The van der Waals surface area contributed by atoms with Crippen molar-refractivity contribution in [2.75, 3.05) is 13.6 Å². The quantitative estimate of drug-likeness (QED) is 0.705. The number of carbonyl (C=O) groups is 1. The van der Waals surface area contributed by atoms with E-state index >= 15 is 0 Å². The van der Waals surface area contributed by atoms with Crippen LogP contribution in [-0.4, -0.2) is 43.9 Å². The summed E-state index contributed by atoms with van der Waals surface area (Å²) < 4.78 is 2.91. The van der Waals surface area contributed by atoms with E-state index in [9.17, 15) is 14.7 Å². The van der Waals surface area contributed by atoms with Gasteiger partial charge in [-0.3, -0.25) is 9.59 Å². The predicted octanol–water partition coefficient (Wildman–Crippen LogP) is 1.90. The van der Waals surface area contributed by atoms with Crippen LogP contribution in [0.4, 0.5) is 5.69 Å². The Kier molecular flexibility index (Phi) is 3.73. The Labute approximate surface area is 154 Å². The Hall–Kier alpha value is -3.60. The zero-order valence-electron chi connectivity index (χ0n) is 14.9. The van der Waals surface area contributed by atoms with Gasteiger partial charge in [0.2, 0.25) is 0 Å². The van der Waals surface area contributed by atoms with Gasteiger partial charge >= 0.3 is 0 Å². The Morgan fingerprint density at radius 2 is 2.00 bits per heavy atom. The Balaban J connectivity index is 1.95. The van der Waals surface area contributed by atoms with Crippen LogP contribution in [0.15, 0.2) is 29.1 Å². The number of hydrogen-bond donors (Lipinski definition) is 1. The summed E-state index contributed by atoms with van der Waals surface area (Å²) in [4.78, 5) is 30.5. The number of aromatic nitrogens is 3. The first kappa shape index (κ1) is 16.8. The van der Waals surface area contributed by atoms with E-state index in [1.54, 1.807) is 42.8 Å². The summed E-state index contributed by atoms with van der Waals surface area (Å²) in [6.45, 7) is 10.1. The van der Waals surface area contributed by atoms with Gasteiger partial charge in [-0.15, -0.1) is 0 Å². The molecule has 0 bridgehead atoms. The second-order valence-corrected chi connectivity index (χ2v) is 6.59. The summed E-state index contributed by atoms with van der Waals surface area (Å²) >= 11 is 0. The van der Waals surface area contributed by atoms with Crippen LogP contribution in [0, 0.1) is 13.5 Å². The molecule has 0 radical (unpaired) electrons. The average Bonchev–Trinajstić information content (AvgIpc) is 2.97. The first-order valence-electron chi connectivity index (χ1n) is 8.47. The molecule has 2 aromatic heterocycles. The third-order valence-electron chi connectivity index (χ3n) is 4.94. The first-order valence-corrected chi connectivity index (χ1v) is 8.47. The molecule has 1 amide bonds. The number of fused-ring (bicyclic) bond motifs is 3. The molecule has 0 unspecified atom stereocenters. The third kappa shape index (κ3) is 2.39. The first-order chi connectivity index (χ1) is 12.9. The van der Waals surface area contributed by atoms with Crippen molar-refractivity contribution in [3.05, 3.63) is 63.0 Å². The highest BCUT2D eigenvalue weighted by atomic mass is 16.3. The summed E-state index contributed by atoms with van der Waals surface area (Å²) in [6, 6.07) is 7.01. The van der Waals surface area contributed by atoms with Crippen molar-refractivity contribution in [3.8, 4) is 5.75 Å². The molecule has 1 aliphatic rings. The minimum atomic E-state index is -0.481. The fraction of sp³-hybridized carbons (Fsp3) is 0.263. The number of carbonyl (C=O) groups excluding carboxylic acids is 1. The summed E-state index contributed by atoms with van der Waals surface area (Å²) in [6.07, 6.45) is 0. The lowest BCUT2D eigenvalue weighted by Crippen LogP contribution is -2.37. The van der Waals surface area contributed by atoms with Crippen LogP contribution in [0.2, 0.25) is 0 Å². The largest absolute Gasteiger partial charge is 0.505 e. The molecular weight excluding hydrogens is 346 g/mol. The second-order valence-electron chi connectivity index (χ2n) is 6.59. The smallest absolute Gasteiger partial charge is 0.280 e. The van der Waals surface area contributed by atoms with Crippen LogP contribution in [0.1, 0.15) is 21.7 Å². The molecule has 1 N–H and O–H groups in total. The summed E-state index contributed by atoms with van der Waals surface area (Å²) in [7, 11) is 1.66. The van der Waals surface area contributed by atoms with Crippen molar-refractivity contribution >= 4 is 22.5 Å². The van der Waals surface area contributed by atoms with Gasteiger partial charge in [0.1, 0.15) is 5.39 Å². The highest BCUT2D eigenvalue weighted by molar-refractivity contribution is 6.04. The summed E-state index contributed by atoms with van der Waals surface area (Å²) in [5.74, 6) is -0.622. The van der Waals surface area contributed by atoms with Crippen LogP contribution in [0.3, 0.4) is 0 Å². The molecule has 0 saturated carbocycles. The Morgan fingerprint density at radius 3 is 2.74 bits per heavy atom. The van der Waals surface area contributed by atoms with Gasteiger partial charge in [0.05, 0.1) is 24.3 Å². The van der Waals surface area contributed by atoms with E-state index in [1.165, 1.54) is 9.58 Å². The number of nitrogens with zero attached hydrogens (tertiary/aromatic N) is 5. The van der Waals surface area contributed by atoms with Gasteiger partial charge in [0, 0.05) is 20.1 Å². The molecule has 1 aliphatic heterocycles. The summed E-state index contributed by atoms with van der Waals surface area (Å²) in [5.41, 5.74) is 1.79. The van der Waals surface area contributed by atoms with Gasteiger partial charge in [0.15, 0.2) is 17.1 Å². The molecule has 4 rings (SSSR count). The molecule has 3 aromatic rings. The Bertz CT molecular complexity index is 1200. The summed E-state index contributed by atoms with van der Waals surface area (Å²) in [5, 5.41) is 15.1. The van der Waals surface area contributed by atoms with Crippen LogP contribution in [0.25, 0.3) is 15.7 Å². The van der Waals surface area contributed by atoms with Gasteiger partial charge < -0.3 is 14.6 Å². The Morgan fingerprint density at radius 1 is 1.26 bits per heavy atom. The number of amides is 1. The average molecular weight is 363 g/mol. The van der Waals surface area contributed by atoms with E-state index in [0.717, 1.165) is 0 Å². The highest BCUT2D eigenvalue weighted by Gasteiger charge is 2.31. The predicted molar refractivity (Wildman–Crippen MR) is 99.2 cm³/mol. The maximum Gasteiger partial charge on any atom is 0.280 e. The van der Waals surface area contributed by atoms with Gasteiger partial charge in [-0.2, -0.15) is 5.10 Å². The van der Waals surface area contributed by atoms with Crippen LogP contribution in [-0.2, 0) is 13.1 Å². The number of para-hydroxylation sites is 1. The van der Waals surface area contributed by atoms with E-state index in [-0.39, 0.29) is 29.3 Å². The van der Waals surface area contributed by atoms with Crippen LogP contribution < -0.4 is 5.56 Å². The zero-order valence-corrected chi connectivity index (χ0v) is 14.9. The lowest BCUT2D eigenvalue weighted by Gasteiger charge is -2.25. The van der Waals surface area contributed by atoms with Crippen LogP contribution in [0.5, 0.6) is 5.75 Å². The van der Waals surface area contributed by atoms with Crippen molar-refractivity contribution in [1.29, 1.82) is 0 Å². The SMILES string of the molecule is [C-]#[N+]c1ccccc1Cn1nc(C)c2c(c(O)c3n2CCN(C)C3=O)c1=O. The number of rotatable bonds is 2.